The Balaban J connectivity index is 1.69. The molecule has 154 valence electrons. The van der Waals surface area contributed by atoms with Crippen LogP contribution in [-0.4, -0.2) is 33.8 Å². The van der Waals surface area contributed by atoms with Gasteiger partial charge in [-0.15, -0.1) is 10.2 Å². The molecule has 0 N–H and O–H groups in total. The monoisotopic (exact) mass is 406 g/mol. The maximum Gasteiger partial charge on any atom is 0.213 e. The lowest BCUT2D eigenvalue weighted by Gasteiger charge is -2.13. The number of rotatable bonds is 6. The minimum Gasteiger partial charge on any atom is -0.496 e. The van der Waals surface area contributed by atoms with E-state index >= 15 is 0 Å². The second-order valence-corrected chi connectivity index (χ2v) is 7.18. The van der Waals surface area contributed by atoms with Crippen LogP contribution in [0.2, 0.25) is 0 Å². The van der Waals surface area contributed by atoms with Gasteiger partial charge in [-0.2, -0.15) is 0 Å². The molecule has 0 saturated carbocycles. The predicted molar refractivity (Wildman–Crippen MR) is 113 cm³/mol. The van der Waals surface area contributed by atoms with Gasteiger partial charge in [-0.1, -0.05) is 0 Å². The van der Waals surface area contributed by atoms with Gasteiger partial charge in [-0.25, -0.2) is 9.37 Å². The molecule has 4 aromatic rings. The summed E-state index contributed by atoms with van der Waals surface area (Å²) in [5, 5.41) is 8.41. The molecule has 3 heterocycles. The third-order valence-electron chi connectivity index (χ3n) is 5.25. The molecule has 0 amide bonds. The highest BCUT2D eigenvalue weighted by atomic mass is 19.1. The summed E-state index contributed by atoms with van der Waals surface area (Å²) >= 11 is 0. The number of methoxy groups -OCH3 is 2. The van der Waals surface area contributed by atoms with Crippen molar-refractivity contribution in [2.45, 2.75) is 26.7 Å². The first kappa shape index (κ1) is 19.8. The van der Waals surface area contributed by atoms with E-state index in [2.05, 4.69) is 15.2 Å². The van der Waals surface area contributed by atoms with Crippen molar-refractivity contribution in [3.8, 4) is 22.8 Å². The molecule has 0 bridgehead atoms. The lowest BCUT2D eigenvalue weighted by atomic mass is 10.0. The Morgan fingerprint density at radius 3 is 2.50 bits per heavy atom. The Hall–Kier alpha value is -3.48. The van der Waals surface area contributed by atoms with Crippen LogP contribution in [0.3, 0.4) is 0 Å². The van der Waals surface area contributed by atoms with Crippen molar-refractivity contribution in [3.63, 3.8) is 0 Å². The number of hydrogen-bond donors (Lipinski definition) is 0. The molecule has 3 aromatic heterocycles. The molecule has 0 saturated heterocycles. The molecule has 0 spiro atoms. The maximum absolute atomic E-state index is 14.5. The van der Waals surface area contributed by atoms with Crippen molar-refractivity contribution in [3.05, 3.63) is 71.1 Å². The van der Waals surface area contributed by atoms with Crippen LogP contribution >= 0.6 is 0 Å². The molecule has 4 rings (SSSR count). The van der Waals surface area contributed by atoms with Gasteiger partial charge in [0.15, 0.2) is 5.65 Å². The molecular formula is C23H23FN4O2. The van der Waals surface area contributed by atoms with Crippen LogP contribution in [0, 0.1) is 19.7 Å². The van der Waals surface area contributed by atoms with Crippen LogP contribution in [0.15, 0.2) is 42.7 Å². The smallest absolute Gasteiger partial charge is 0.213 e. The van der Waals surface area contributed by atoms with Crippen LogP contribution in [0.4, 0.5) is 4.39 Å². The van der Waals surface area contributed by atoms with Gasteiger partial charge in [0.25, 0.3) is 0 Å². The van der Waals surface area contributed by atoms with E-state index in [0.29, 0.717) is 30.0 Å². The first-order chi connectivity index (χ1) is 14.5. The van der Waals surface area contributed by atoms with E-state index in [1.165, 1.54) is 6.07 Å². The fraction of sp³-hybridized carbons (Fsp3) is 0.261. The molecule has 0 aliphatic heterocycles. The molecule has 7 heteroatoms. The Labute approximate surface area is 174 Å². The van der Waals surface area contributed by atoms with Gasteiger partial charge >= 0.3 is 0 Å². The zero-order valence-electron chi connectivity index (χ0n) is 17.4. The minimum atomic E-state index is -0.247. The third kappa shape index (κ3) is 3.58. The van der Waals surface area contributed by atoms with Gasteiger partial charge in [0.05, 0.1) is 14.2 Å². The SMILES string of the molecule is COc1ccc(-c2ccc(CCc3c(F)cc(C)cc3OC)n3cnnc23)c(C)n1. The lowest BCUT2D eigenvalue weighted by molar-refractivity contribution is 0.397. The molecule has 0 unspecified atom stereocenters. The second kappa shape index (κ2) is 8.10. The maximum atomic E-state index is 14.5. The van der Waals surface area contributed by atoms with E-state index < -0.39 is 0 Å². The van der Waals surface area contributed by atoms with Crippen LogP contribution < -0.4 is 9.47 Å². The first-order valence-electron chi connectivity index (χ1n) is 9.68. The van der Waals surface area contributed by atoms with Crippen molar-refractivity contribution in [1.82, 2.24) is 19.6 Å². The summed E-state index contributed by atoms with van der Waals surface area (Å²) in [6, 6.07) is 11.2. The molecule has 0 aliphatic rings. The highest BCUT2D eigenvalue weighted by molar-refractivity contribution is 5.79. The zero-order valence-corrected chi connectivity index (χ0v) is 17.4. The molecule has 30 heavy (non-hydrogen) atoms. The predicted octanol–water partition coefficient (Wildman–Crippen LogP) is 4.35. The highest BCUT2D eigenvalue weighted by Gasteiger charge is 2.15. The Morgan fingerprint density at radius 1 is 0.967 bits per heavy atom. The summed E-state index contributed by atoms with van der Waals surface area (Å²) in [5.74, 6) is 0.895. The minimum absolute atomic E-state index is 0.247. The largest absolute Gasteiger partial charge is 0.496 e. The summed E-state index contributed by atoms with van der Waals surface area (Å²) < 4.78 is 27.1. The average Bonchev–Trinajstić information content (AvgIpc) is 3.23. The Morgan fingerprint density at radius 2 is 1.77 bits per heavy atom. The number of fused-ring (bicyclic) bond motifs is 1. The summed E-state index contributed by atoms with van der Waals surface area (Å²) in [6.45, 7) is 3.79. The van der Waals surface area contributed by atoms with E-state index in [0.717, 1.165) is 33.7 Å². The zero-order chi connectivity index (χ0) is 21.3. The number of aryl methyl sites for hydroxylation is 3. The molecule has 0 atom stereocenters. The third-order valence-corrected chi connectivity index (χ3v) is 5.25. The van der Waals surface area contributed by atoms with Gasteiger partial charge in [-0.3, -0.25) is 4.40 Å². The van der Waals surface area contributed by atoms with Gasteiger partial charge in [-0.05, 0) is 62.6 Å². The van der Waals surface area contributed by atoms with Crippen molar-refractivity contribution < 1.29 is 13.9 Å². The van der Waals surface area contributed by atoms with Crippen LogP contribution in [0.1, 0.15) is 22.5 Å². The van der Waals surface area contributed by atoms with Crippen molar-refractivity contribution in [1.29, 1.82) is 0 Å². The molecule has 6 nitrogen and oxygen atoms in total. The number of hydrogen-bond acceptors (Lipinski definition) is 5. The second-order valence-electron chi connectivity index (χ2n) is 7.18. The summed E-state index contributed by atoms with van der Waals surface area (Å²) in [4.78, 5) is 4.46. The quantitative estimate of drug-likeness (QED) is 0.476. The summed E-state index contributed by atoms with van der Waals surface area (Å²) in [6.07, 6.45) is 2.80. The van der Waals surface area contributed by atoms with Gasteiger partial charge in [0, 0.05) is 34.1 Å². The Bertz CT molecular complexity index is 1220. The van der Waals surface area contributed by atoms with Gasteiger partial charge in [0.1, 0.15) is 17.9 Å². The molecule has 0 radical (unpaired) electrons. The lowest BCUT2D eigenvalue weighted by Crippen LogP contribution is -2.04. The standard InChI is InChI=1S/C23H23FN4O2/c1-14-11-20(24)19(21(12-14)29-3)8-6-16-5-7-18(23-27-25-13-28(16)23)17-9-10-22(30-4)26-15(17)2/h5,7,9-13H,6,8H2,1-4H3. The van der Waals surface area contributed by atoms with E-state index in [1.807, 2.05) is 48.6 Å². The van der Waals surface area contributed by atoms with Crippen molar-refractivity contribution >= 4 is 5.65 Å². The van der Waals surface area contributed by atoms with Crippen molar-refractivity contribution in [2.75, 3.05) is 14.2 Å². The topological polar surface area (TPSA) is 61.5 Å². The molecular weight excluding hydrogens is 383 g/mol. The molecule has 0 fully saturated rings. The average molecular weight is 406 g/mol. The fourth-order valence-electron chi connectivity index (χ4n) is 3.73. The first-order valence-corrected chi connectivity index (χ1v) is 9.68. The van der Waals surface area contributed by atoms with Gasteiger partial charge in [0.2, 0.25) is 5.88 Å². The number of benzene rings is 1. The summed E-state index contributed by atoms with van der Waals surface area (Å²) in [7, 11) is 3.16. The van der Waals surface area contributed by atoms with Crippen LogP contribution in [-0.2, 0) is 12.8 Å². The highest BCUT2D eigenvalue weighted by Crippen LogP contribution is 2.29. The number of aromatic nitrogens is 4. The number of pyridine rings is 2. The normalized spacial score (nSPS) is 11.1. The van der Waals surface area contributed by atoms with Gasteiger partial charge < -0.3 is 9.47 Å². The van der Waals surface area contributed by atoms with E-state index in [9.17, 15) is 4.39 Å². The molecule has 1 aromatic carbocycles. The van der Waals surface area contributed by atoms with Crippen LogP contribution in [0.25, 0.3) is 16.8 Å². The van der Waals surface area contributed by atoms with Crippen LogP contribution in [0.5, 0.6) is 11.6 Å². The molecule has 0 aliphatic carbocycles. The Kier molecular flexibility index (Phi) is 5.35. The fourth-order valence-corrected chi connectivity index (χ4v) is 3.73. The van der Waals surface area contributed by atoms with E-state index in [-0.39, 0.29) is 5.82 Å². The number of ether oxygens (including phenoxy) is 2. The van der Waals surface area contributed by atoms with E-state index in [4.69, 9.17) is 9.47 Å². The van der Waals surface area contributed by atoms with E-state index in [1.54, 1.807) is 20.5 Å². The summed E-state index contributed by atoms with van der Waals surface area (Å²) in [5.41, 5.74) is 5.87. The number of halogens is 1. The van der Waals surface area contributed by atoms with Crippen molar-refractivity contribution in [2.24, 2.45) is 0 Å². The number of nitrogens with zero attached hydrogens (tertiary/aromatic N) is 4.